The molecule has 2 heterocycles. The first-order valence-corrected chi connectivity index (χ1v) is 9.02. The molecule has 3 rings (SSSR count). The molecule has 0 saturated carbocycles. The van der Waals surface area contributed by atoms with Crippen molar-refractivity contribution in [3.63, 3.8) is 0 Å². The van der Waals surface area contributed by atoms with E-state index < -0.39 is 0 Å². The molecule has 0 bridgehead atoms. The summed E-state index contributed by atoms with van der Waals surface area (Å²) in [5.74, 6) is 0.105. The van der Waals surface area contributed by atoms with E-state index in [9.17, 15) is 9.18 Å². The minimum atomic E-state index is -0.332. The number of nitrogens with zero attached hydrogens (tertiary/aromatic N) is 4. The van der Waals surface area contributed by atoms with Crippen LogP contribution in [0.1, 0.15) is 23.4 Å². The summed E-state index contributed by atoms with van der Waals surface area (Å²) in [6.07, 6.45) is 2.76. The van der Waals surface area contributed by atoms with Gasteiger partial charge in [-0.15, -0.1) is 5.10 Å². The molecule has 1 aromatic carbocycles. The molecular formula is C17H18FN5OS. The number of hydrogen-bond donors (Lipinski definition) is 1. The second-order valence-electron chi connectivity index (χ2n) is 5.63. The molecule has 0 radical (unpaired) electrons. The Morgan fingerprint density at radius 1 is 1.24 bits per heavy atom. The van der Waals surface area contributed by atoms with Crippen LogP contribution in [-0.2, 0) is 11.2 Å². The van der Waals surface area contributed by atoms with Crippen LogP contribution in [0.4, 0.5) is 10.1 Å². The third-order valence-corrected chi connectivity index (χ3v) is 4.48. The van der Waals surface area contributed by atoms with Gasteiger partial charge in [-0.3, -0.25) is 4.79 Å². The Bertz CT molecular complexity index is 923. The second-order valence-corrected chi connectivity index (χ2v) is 6.40. The smallest absolute Gasteiger partial charge is 0.253 e. The summed E-state index contributed by atoms with van der Waals surface area (Å²) < 4.78 is 14.6. The van der Waals surface area contributed by atoms with Gasteiger partial charge >= 0.3 is 0 Å². The third-order valence-electron chi connectivity index (χ3n) is 3.94. The van der Waals surface area contributed by atoms with Crippen molar-refractivity contribution in [2.75, 3.05) is 11.6 Å². The van der Waals surface area contributed by atoms with E-state index in [0.717, 1.165) is 17.0 Å². The summed E-state index contributed by atoms with van der Waals surface area (Å²) in [5, 5.41) is 7.84. The average molecular weight is 359 g/mol. The molecule has 0 atom stereocenters. The van der Waals surface area contributed by atoms with Gasteiger partial charge in [0.15, 0.2) is 0 Å². The van der Waals surface area contributed by atoms with Gasteiger partial charge < -0.3 is 5.32 Å². The van der Waals surface area contributed by atoms with Crippen LogP contribution >= 0.6 is 11.8 Å². The summed E-state index contributed by atoms with van der Waals surface area (Å²) in [4.78, 5) is 21.0. The zero-order valence-corrected chi connectivity index (χ0v) is 15.0. The highest BCUT2D eigenvalue weighted by atomic mass is 32.2. The number of benzene rings is 1. The minimum Gasteiger partial charge on any atom is -0.326 e. The van der Waals surface area contributed by atoms with E-state index in [0.29, 0.717) is 29.5 Å². The summed E-state index contributed by atoms with van der Waals surface area (Å²) >= 11 is 1.46. The van der Waals surface area contributed by atoms with Crippen molar-refractivity contribution in [3.8, 4) is 0 Å². The van der Waals surface area contributed by atoms with Crippen molar-refractivity contribution in [3.05, 3.63) is 47.0 Å². The van der Waals surface area contributed by atoms with Gasteiger partial charge in [-0.05, 0) is 56.4 Å². The zero-order valence-electron chi connectivity index (χ0n) is 14.2. The molecular weight excluding hydrogens is 341 g/mol. The number of anilines is 1. The van der Waals surface area contributed by atoms with Crippen molar-refractivity contribution in [1.82, 2.24) is 19.6 Å². The Balaban J connectivity index is 1.74. The molecule has 0 aliphatic rings. The van der Waals surface area contributed by atoms with Crippen LogP contribution in [0.25, 0.3) is 5.78 Å². The van der Waals surface area contributed by atoms with Gasteiger partial charge in [-0.2, -0.15) is 4.98 Å². The van der Waals surface area contributed by atoms with Gasteiger partial charge in [-0.25, -0.2) is 13.9 Å². The van der Waals surface area contributed by atoms with Gasteiger partial charge in [0.1, 0.15) is 5.82 Å². The number of fused-ring (bicyclic) bond motifs is 1. The fourth-order valence-electron chi connectivity index (χ4n) is 2.63. The van der Waals surface area contributed by atoms with E-state index in [-0.39, 0.29) is 11.7 Å². The van der Waals surface area contributed by atoms with Crippen LogP contribution < -0.4 is 5.32 Å². The largest absolute Gasteiger partial charge is 0.326 e. The highest BCUT2D eigenvalue weighted by Gasteiger charge is 2.14. The predicted molar refractivity (Wildman–Crippen MR) is 95.4 cm³/mol. The topological polar surface area (TPSA) is 72.2 Å². The van der Waals surface area contributed by atoms with Crippen molar-refractivity contribution >= 4 is 29.1 Å². The Hall–Kier alpha value is -2.48. The molecule has 3 aromatic rings. The number of halogens is 1. The van der Waals surface area contributed by atoms with E-state index in [2.05, 4.69) is 20.4 Å². The van der Waals surface area contributed by atoms with Crippen LogP contribution in [0.2, 0.25) is 0 Å². The molecule has 2 aromatic heterocycles. The van der Waals surface area contributed by atoms with E-state index in [4.69, 9.17) is 0 Å². The van der Waals surface area contributed by atoms with Crippen LogP contribution in [0.15, 0.2) is 29.4 Å². The molecule has 1 N–H and O–H groups in total. The zero-order chi connectivity index (χ0) is 18.0. The van der Waals surface area contributed by atoms with Crippen molar-refractivity contribution in [2.24, 2.45) is 0 Å². The molecule has 130 valence electrons. The van der Waals surface area contributed by atoms with Crippen LogP contribution in [-0.4, -0.2) is 31.7 Å². The highest BCUT2D eigenvalue weighted by Crippen LogP contribution is 2.18. The molecule has 0 unspecified atom stereocenters. The molecule has 25 heavy (non-hydrogen) atoms. The monoisotopic (exact) mass is 359 g/mol. The normalized spacial score (nSPS) is 11.0. The second kappa shape index (κ2) is 7.18. The summed E-state index contributed by atoms with van der Waals surface area (Å²) in [6, 6.07) is 5.71. The molecule has 0 fully saturated rings. The fourth-order valence-corrected chi connectivity index (χ4v) is 2.97. The van der Waals surface area contributed by atoms with Gasteiger partial charge in [-0.1, -0.05) is 11.8 Å². The average Bonchev–Trinajstić information content (AvgIpc) is 3.00. The van der Waals surface area contributed by atoms with Crippen LogP contribution in [0.5, 0.6) is 0 Å². The Morgan fingerprint density at radius 2 is 1.96 bits per heavy atom. The van der Waals surface area contributed by atoms with E-state index in [1.54, 1.807) is 4.52 Å². The number of nitrogens with one attached hydrogen (secondary N) is 1. The van der Waals surface area contributed by atoms with Gasteiger partial charge in [0.25, 0.3) is 5.78 Å². The maximum atomic E-state index is 12.9. The first-order valence-electron chi connectivity index (χ1n) is 7.80. The summed E-state index contributed by atoms with van der Waals surface area (Å²) in [6.45, 7) is 3.86. The van der Waals surface area contributed by atoms with E-state index in [1.165, 1.54) is 36.0 Å². The summed E-state index contributed by atoms with van der Waals surface area (Å²) in [5.41, 5.74) is 3.35. The maximum Gasteiger partial charge on any atom is 0.253 e. The lowest BCUT2D eigenvalue weighted by Gasteiger charge is -2.10. The quantitative estimate of drug-likeness (QED) is 0.709. The predicted octanol–water partition coefficient (Wildman–Crippen LogP) is 3.17. The number of carbonyl (C=O) groups excluding carboxylic acids is 1. The molecule has 0 aliphatic carbocycles. The summed E-state index contributed by atoms with van der Waals surface area (Å²) in [7, 11) is 0. The lowest BCUT2D eigenvalue weighted by molar-refractivity contribution is -0.116. The van der Waals surface area contributed by atoms with Gasteiger partial charge in [0.05, 0.1) is 0 Å². The third kappa shape index (κ3) is 3.79. The molecule has 0 aliphatic heterocycles. The van der Waals surface area contributed by atoms with Gasteiger partial charge in [0.2, 0.25) is 11.1 Å². The van der Waals surface area contributed by atoms with Crippen molar-refractivity contribution in [1.29, 1.82) is 0 Å². The number of aromatic nitrogens is 4. The minimum absolute atomic E-state index is 0.131. The molecule has 1 amide bonds. The standard InChI is InChI=1S/C17H18FN5OS/c1-10-14(11(2)23-16(19-10)21-17(22-23)25-3)8-9-15(24)20-13-6-4-12(18)5-7-13/h4-7H,8-9H2,1-3H3,(H,20,24). The van der Waals surface area contributed by atoms with Crippen molar-refractivity contribution in [2.45, 2.75) is 31.8 Å². The van der Waals surface area contributed by atoms with Crippen molar-refractivity contribution < 1.29 is 9.18 Å². The lowest BCUT2D eigenvalue weighted by atomic mass is 10.1. The maximum absolute atomic E-state index is 12.9. The Kier molecular flexibility index (Phi) is 4.98. The molecule has 0 saturated heterocycles. The first kappa shape index (κ1) is 17.3. The molecule has 0 spiro atoms. The highest BCUT2D eigenvalue weighted by molar-refractivity contribution is 7.98. The molecule has 8 heteroatoms. The SMILES string of the molecule is CSc1nc2nc(C)c(CCC(=O)Nc3ccc(F)cc3)c(C)n2n1. The molecule has 6 nitrogen and oxygen atoms in total. The van der Waals surface area contributed by atoms with Gasteiger partial charge in [0, 0.05) is 23.5 Å². The number of aryl methyl sites for hydroxylation is 2. The Labute approximate surface area is 148 Å². The number of rotatable bonds is 5. The number of thioether (sulfide) groups is 1. The van der Waals surface area contributed by atoms with Crippen LogP contribution in [0.3, 0.4) is 0 Å². The number of hydrogen-bond acceptors (Lipinski definition) is 5. The van der Waals surface area contributed by atoms with Crippen LogP contribution in [0, 0.1) is 19.7 Å². The Morgan fingerprint density at radius 3 is 2.64 bits per heavy atom. The van der Waals surface area contributed by atoms with E-state index >= 15 is 0 Å². The lowest BCUT2D eigenvalue weighted by Crippen LogP contribution is -2.14. The number of carbonyl (C=O) groups is 1. The first-order chi connectivity index (χ1) is 12.0. The fraction of sp³-hybridized carbons (Fsp3) is 0.294. The van der Waals surface area contributed by atoms with E-state index in [1.807, 2.05) is 20.1 Å². The number of amides is 1.